The van der Waals surface area contributed by atoms with Crippen LogP contribution in [0.2, 0.25) is 0 Å². The second kappa shape index (κ2) is 5.52. The topological polar surface area (TPSA) is 30.0 Å². The molecule has 0 aliphatic carbocycles. The van der Waals surface area contributed by atoms with E-state index in [1.54, 1.807) is 13.0 Å². The van der Waals surface area contributed by atoms with Gasteiger partial charge in [0.2, 0.25) is 0 Å². The van der Waals surface area contributed by atoms with E-state index in [0.29, 0.717) is 5.75 Å². The van der Waals surface area contributed by atoms with E-state index in [0.717, 1.165) is 17.5 Å². The molecule has 0 fully saturated rings. The molecule has 0 aliphatic heterocycles. The predicted molar refractivity (Wildman–Crippen MR) is 58.9 cm³/mol. The summed E-state index contributed by atoms with van der Waals surface area (Å²) in [5, 5.41) is 0.00183. The van der Waals surface area contributed by atoms with E-state index in [-0.39, 0.29) is 10.8 Å². The van der Waals surface area contributed by atoms with E-state index in [9.17, 15) is 9.18 Å². The maximum Gasteiger partial charge on any atom is 0.186 e. The third kappa shape index (κ3) is 4.13. The monoisotopic (exact) mass is 223 g/mol. The lowest BCUT2D eigenvalue weighted by Crippen LogP contribution is -1.91. The molecule has 0 atom stereocenters. The molecule has 0 unspecified atom stereocenters. The number of carbonyl (C=O) groups excluding carboxylic acids is 1. The van der Waals surface area contributed by atoms with Crippen LogP contribution in [0, 0.1) is 24.6 Å². The van der Waals surface area contributed by atoms with Crippen LogP contribution in [-0.4, -0.2) is 15.9 Å². The predicted octanol–water partition coefficient (Wildman–Crippen LogP) is 2.16. The second-order valence-corrected chi connectivity index (χ2v) is 4.02. The Kier molecular flexibility index (Phi) is 4.32. The molecule has 1 aromatic heterocycles. The van der Waals surface area contributed by atoms with Crippen LogP contribution < -0.4 is 0 Å². The molecule has 0 aliphatic rings. The summed E-state index contributed by atoms with van der Waals surface area (Å²) in [7, 11) is 0. The highest BCUT2D eigenvalue weighted by Crippen LogP contribution is 2.04. The molecule has 1 heterocycles. The number of aryl methyl sites for hydroxylation is 1. The van der Waals surface area contributed by atoms with E-state index in [1.165, 1.54) is 13.0 Å². The number of halogens is 1. The van der Waals surface area contributed by atoms with Crippen molar-refractivity contribution in [1.82, 2.24) is 4.98 Å². The third-order valence-corrected chi connectivity index (χ3v) is 2.23. The number of carbonyl (C=O) groups is 1. The molecule has 0 saturated heterocycles. The molecule has 0 radical (unpaired) electrons. The molecule has 4 heteroatoms. The minimum absolute atomic E-state index is 0.00183. The minimum atomic E-state index is -0.430. The first kappa shape index (κ1) is 11.7. The molecule has 0 spiro atoms. The Morgan fingerprint density at radius 3 is 3.00 bits per heavy atom. The molecule has 0 N–H and O–H groups in total. The molecule has 1 rings (SSSR count). The van der Waals surface area contributed by atoms with E-state index in [1.807, 2.05) is 0 Å². The summed E-state index contributed by atoms with van der Waals surface area (Å²) >= 11 is 1.10. The van der Waals surface area contributed by atoms with Gasteiger partial charge in [0.25, 0.3) is 0 Å². The highest BCUT2D eigenvalue weighted by atomic mass is 32.2. The molecular formula is C11H10FNOS. The van der Waals surface area contributed by atoms with Gasteiger partial charge in [-0.1, -0.05) is 17.7 Å². The summed E-state index contributed by atoms with van der Waals surface area (Å²) in [5.41, 5.74) is 0.860. The number of nitrogens with zero attached hydrogens (tertiary/aromatic N) is 1. The highest BCUT2D eigenvalue weighted by molar-refractivity contribution is 8.13. The van der Waals surface area contributed by atoms with Crippen molar-refractivity contribution in [2.45, 2.75) is 13.8 Å². The molecule has 0 saturated carbocycles. The largest absolute Gasteiger partial charge is 0.288 e. The fourth-order valence-electron chi connectivity index (χ4n) is 0.885. The van der Waals surface area contributed by atoms with E-state index >= 15 is 0 Å². The molecule has 0 aromatic carbocycles. The first-order chi connectivity index (χ1) is 7.09. The molecule has 78 valence electrons. The van der Waals surface area contributed by atoms with Gasteiger partial charge in [0.15, 0.2) is 10.9 Å². The Balaban J connectivity index is 2.71. The number of thioether (sulfide) groups is 1. The van der Waals surface area contributed by atoms with Crippen molar-refractivity contribution in [3.63, 3.8) is 0 Å². The highest BCUT2D eigenvalue weighted by Gasteiger charge is 1.99. The summed E-state index contributed by atoms with van der Waals surface area (Å²) in [4.78, 5) is 14.5. The molecular weight excluding hydrogens is 213 g/mol. The van der Waals surface area contributed by atoms with Crippen molar-refractivity contribution in [3.8, 4) is 11.8 Å². The van der Waals surface area contributed by atoms with Gasteiger partial charge in [-0.3, -0.25) is 4.79 Å². The van der Waals surface area contributed by atoms with Gasteiger partial charge >= 0.3 is 0 Å². The minimum Gasteiger partial charge on any atom is -0.288 e. The summed E-state index contributed by atoms with van der Waals surface area (Å²) in [6.07, 6.45) is 0. The summed E-state index contributed by atoms with van der Waals surface area (Å²) in [6, 6.07) is 2.93. The van der Waals surface area contributed by atoms with Crippen LogP contribution in [-0.2, 0) is 4.79 Å². The van der Waals surface area contributed by atoms with Gasteiger partial charge < -0.3 is 0 Å². The average Bonchev–Trinajstić information content (AvgIpc) is 2.17. The molecule has 0 amide bonds. The first-order valence-corrected chi connectivity index (χ1v) is 5.33. The fourth-order valence-corrected chi connectivity index (χ4v) is 1.23. The van der Waals surface area contributed by atoms with Gasteiger partial charge in [0.05, 0.1) is 5.75 Å². The van der Waals surface area contributed by atoms with Gasteiger partial charge in [-0.05, 0) is 25.0 Å². The zero-order chi connectivity index (χ0) is 11.3. The molecule has 15 heavy (non-hydrogen) atoms. The van der Waals surface area contributed by atoms with E-state index < -0.39 is 5.82 Å². The lowest BCUT2D eigenvalue weighted by Gasteiger charge is -1.94. The smallest absolute Gasteiger partial charge is 0.186 e. The molecule has 1 aromatic rings. The summed E-state index contributed by atoms with van der Waals surface area (Å²) in [5.74, 6) is 5.23. The SMILES string of the molecule is CC(=O)SCC#Cc1nc(C)ccc1F. The van der Waals surface area contributed by atoms with Crippen LogP contribution in [0.4, 0.5) is 4.39 Å². The van der Waals surface area contributed by atoms with Gasteiger partial charge in [-0.25, -0.2) is 9.37 Å². The first-order valence-electron chi connectivity index (χ1n) is 4.35. The molecule has 0 bridgehead atoms. The zero-order valence-corrected chi connectivity index (χ0v) is 9.32. The number of pyridine rings is 1. The Bertz CT molecular complexity index is 434. The van der Waals surface area contributed by atoms with Crippen molar-refractivity contribution in [3.05, 3.63) is 29.3 Å². The maximum atomic E-state index is 13.1. The van der Waals surface area contributed by atoms with Crippen molar-refractivity contribution >= 4 is 16.9 Å². The van der Waals surface area contributed by atoms with Crippen LogP contribution >= 0.6 is 11.8 Å². The van der Waals surface area contributed by atoms with Crippen molar-refractivity contribution in [2.24, 2.45) is 0 Å². The van der Waals surface area contributed by atoms with E-state index in [2.05, 4.69) is 16.8 Å². The number of aromatic nitrogens is 1. The normalized spacial score (nSPS) is 9.27. The Morgan fingerprint density at radius 1 is 1.60 bits per heavy atom. The van der Waals surface area contributed by atoms with E-state index in [4.69, 9.17) is 0 Å². The van der Waals surface area contributed by atoms with Gasteiger partial charge in [0, 0.05) is 12.6 Å². The van der Waals surface area contributed by atoms with Crippen LogP contribution in [0.25, 0.3) is 0 Å². The zero-order valence-electron chi connectivity index (χ0n) is 8.50. The van der Waals surface area contributed by atoms with Crippen LogP contribution in [0.15, 0.2) is 12.1 Å². The quantitative estimate of drug-likeness (QED) is 0.683. The second-order valence-electron chi connectivity index (χ2n) is 2.87. The summed E-state index contributed by atoms with van der Waals surface area (Å²) < 4.78 is 13.1. The van der Waals surface area contributed by atoms with Crippen LogP contribution in [0.3, 0.4) is 0 Å². The number of rotatable bonds is 1. The van der Waals surface area contributed by atoms with Gasteiger partial charge in [-0.2, -0.15) is 0 Å². The average molecular weight is 223 g/mol. The number of hydrogen-bond donors (Lipinski definition) is 0. The fraction of sp³-hybridized carbons (Fsp3) is 0.273. The van der Waals surface area contributed by atoms with Crippen LogP contribution in [0.5, 0.6) is 0 Å². The van der Waals surface area contributed by atoms with Crippen molar-refractivity contribution < 1.29 is 9.18 Å². The van der Waals surface area contributed by atoms with Crippen molar-refractivity contribution in [1.29, 1.82) is 0 Å². The lowest BCUT2D eigenvalue weighted by atomic mass is 10.3. The Hall–Kier alpha value is -1.34. The third-order valence-electron chi connectivity index (χ3n) is 1.54. The summed E-state index contributed by atoms with van der Waals surface area (Å²) in [6.45, 7) is 3.24. The standard InChI is InChI=1S/C11H10FNOS/c1-8-5-6-10(12)11(13-8)4-3-7-15-9(2)14/h5-6H,7H2,1-2H3. The molecule has 2 nitrogen and oxygen atoms in total. The maximum absolute atomic E-state index is 13.1. The van der Waals surface area contributed by atoms with Gasteiger partial charge in [0.1, 0.15) is 5.69 Å². The number of hydrogen-bond acceptors (Lipinski definition) is 3. The van der Waals surface area contributed by atoms with Crippen LogP contribution in [0.1, 0.15) is 18.3 Å². The Morgan fingerprint density at radius 2 is 2.33 bits per heavy atom. The Labute approximate surface area is 92.3 Å². The van der Waals surface area contributed by atoms with Crippen molar-refractivity contribution in [2.75, 3.05) is 5.75 Å². The lowest BCUT2D eigenvalue weighted by molar-refractivity contribution is -0.109. The van der Waals surface area contributed by atoms with Gasteiger partial charge in [-0.15, -0.1) is 0 Å².